The maximum atomic E-state index is 11.0. The highest BCUT2D eigenvalue weighted by molar-refractivity contribution is 5.81. The van der Waals surface area contributed by atoms with Gasteiger partial charge in [-0.3, -0.25) is 4.79 Å². The van der Waals surface area contributed by atoms with Gasteiger partial charge in [-0.1, -0.05) is 13.5 Å². The van der Waals surface area contributed by atoms with E-state index in [0.29, 0.717) is 46.1 Å². The minimum Gasteiger partial charge on any atom is -0.463 e. The molecule has 0 atom stereocenters. The van der Waals surface area contributed by atoms with Crippen LogP contribution in [0.2, 0.25) is 0 Å². The standard InChI is InChI=1S/C15H26O7/c1-3-5-15(17)22-13-11-20-9-7-18-6-8-19-10-12-21-14(16)4-2/h4H,2-3,5-13H2,1H3. The second-order valence-corrected chi connectivity index (χ2v) is 4.18. The number of esters is 2. The van der Waals surface area contributed by atoms with Crippen molar-refractivity contribution in [1.29, 1.82) is 0 Å². The van der Waals surface area contributed by atoms with E-state index in [-0.39, 0.29) is 19.2 Å². The highest BCUT2D eigenvalue weighted by atomic mass is 16.6. The number of rotatable bonds is 15. The summed E-state index contributed by atoms with van der Waals surface area (Å²) in [5, 5.41) is 0. The van der Waals surface area contributed by atoms with Gasteiger partial charge < -0.3 is 23.7 Å². The Bertz CT molecular complexity index is 304. The first kappa shape index (κ1) is 20.6. The van der Waals surface area contributed by atoms with E-state index in [4.69, 9.17) is 23.7 Å². The van der Waals surface area contributed by atoms with Gasteiger partial charge in [0.2, 0.25) is 0 Å². The van der Waals surface area contributed by atoms with Crippen LogP contribution in [0.25, 0.3) is 0 Å². The molecule has 0 aromatic heterocycles. The summed E-state index contributed by atoms with van der Waals surface area (Å²) >= 11 is 0. The second kappa shape index (κ2) is 15.9. The molecular formula is C15H26O7. The zero-order valence-electron chi connectivity index (χ0n) is 13.2. The van der Waals surface area contributed by atoms with Crippen LogP contribution in [0.15, 0.2) is 12.7 Å². The predicted molar refractivity (Wildman–Crippen MR) is 79.5 cm³/mol. The van der Waals surface area contributed by atoms with Crippen LogP contribution in [-0.4, -0.2) is 64.8 Å². The Balaban J connectivity index is 3.10. The van der Waals surface area contributed by atoms with Gasteiger partial charge >= 0.3 is 11.9 Å². The van der Waals surface area contributed by atoms with Crippen LogP contribution in [0.3, 0.4) is 0 Å². The Morgan fingerprint density at radius 1 is 0.818 bits per heavy atom. The lowest BCUT2D eigenvalue weighted by Crippen LogP contribution is -2.14. The number of carbonyl (C=O) groups is 2. The molecule has 22 heavy (non-hydrogen) atoms. The molecule has 0 amide bonds. The third-order valence-electron chi connectivity index (χ3n) is 2.33. The molecule has 0 rings (SSSR count). The van der Waals surface area contributed by atoms with Crippen molar-refractivity contribution in [3.05, 3.63) is 12.7 Å². The van der Waals surface area contributed by atoms with E-state index in [1.54, 1.807) is 0 Å². The van der Waals surface area contributed by atoms with Gasteiger partial charge in [0.1, 0.15) is 13.2 Å². The van der Waals surface area contributed by atoms with Gasteiger partial charge in [-0.2, -0.15) is 0 Å². The van der Waals surface area contributed by atoms with Gasteiger partial charge in [0, 0.05) is 12.5 Å². The van der Waals surface area contributed by atoms with Crippen LogP contribution in [0, 0.1) is 0 Å². The molecule has 0 N–H and O–H groups in total. The van der Waals surface area contributed by atoms with E-state index in [0.717, 1.165) is 12.5 Å². The summed E-state index contributed by atoms with van der Waals surface area (Å²) in [6, 6.07) is 0. The minimum atomic E-state index is -0.461. The van der Waals surface area contributed by atoms with Crippen LogP contribution in [0.1, 0.15) is 19.8 Å². The molecule has 0 aromatic carbocycles. The average molecular weight is 318 g/mol. The maximum absolute atomic E-state index is 11.0. The van der Waals surface area contributed by atoms with Crippen molar-refractivity contribution in [3.8, 4) is 0 Å². The monoisotopic (exact) mass is 318 g/mol. The Kier molecular flexibility index (Phi) is 14.9. The number of hydrogen-bond acceptors (Lipinski definition) is 7. The summed E-state index contributed by atoms with van der Waals surface area (Å²) in [6.45, 7) is 8.09. The lowest BCUT2D eigenvalue weighted by molar-refractivity contribution is -0.145. The van der Waals surface area contributed by atoms with Crippen molar-refractivity contribution in [2.24, 2.45) is 0 Å². The molecular weight excluding hydrogens is 292 g/mol. The molecule has 0 fully saturated rings. The van der Waals surface area contributed by atoms with Crippen LogP contribution in [0.5, 0.6) is 0 Å². The summed E-state index contributed by atoms with van der Waals surface area (Å²) in [5.74, 6) is -0.657. The molecule has 0 unspecified atom stereocenters. The highest BCUT2D eigenvalue weighted by Gasteiger charge is 1.99. The molecule has 0 spiro atoms. The predicted octanol–water partition coefficient (Wildman–Crippen LogP) is 1.11. The summed E-state index contributed by atoms with van der Waals surface area (Å²) in [7, 11) is 0. The fourth-order valence-electron chi connectivity index (χ4n) is 1.29. The summed E-state index contributed by atoms with van der Waals surface area (Å²) in [5.41, 5.74) is 0. The molecule has 0 aliphatic rings. The molecule has 0 radical (unpaired) electrons. The normalized spacial score (nSPS) is 10.2. The average Bonchev–Trinajstić information content (AvgIpc) is 2.51. The van der Waals surface area contributed by atoms with E-state index >= 15 is 0 Å². The lowest BCUT2D eigenvalue weighted by atomic mass is 10.3. The van der Waals surface area contributed by atoms with Crippen LogP contribution in [0.4, 0.5) is 0 Å². The molecule has 0 aromatic rings. The summed E-state index contributed by atoms with van der Waals surface area (Å²) in [4.78, 5) is 21.7. The largest absolute Gasteiger partial charge is 0.463 e. The van der Waals surface area contributed by atoms with Gasteiger partial charge in [-0.15, -0.1) is 0 Å². The molecule has 0 aliphatic heterocycles. The van der Waals surface area contributed by atoms with Crippen LogP contribution >= 0.6 is 0 Å². The molecule has 0 heterocycles. The Hall–Kier alpha value is -1.44. The van der Waals surface area contributed by atoms with E-state index in [1.807, 2.05) is 6.92 Å². The van der Waals surface area contributed by atoms with Crippen molar-refractivity contribution < 1.29 is 33.3 Å². The summed E-state index contributed by atoms with van der Waals surface area (Å²) in [6.07, 6.45) is 2.33. The first-order valence-corrected chi connectivity index (χ1v) is 7.38. The van der Waals surface area contributed by atoms with Crippen molar-refractivity contribution in [2.45, 2.75) is 19.8 Å². The highest BCUT2D eigenvalue weighted by Crippen LogP contribution is 1.91. The van der Waals surface area contributed by atoms with Crippen molar-refractivity contribution in [1.82, 2.24) is 0 Å². The first-order chi connectivity index (χ1) is 10.7. The molecule has 0 saturated carbocycles. The van der Waals surface area contributed by atoms with Crippen LogP contribution in [-0.2, 0) is 33.3 Å². The number of hydrogen-bond donors (Lipinski definition) is 0. The molecule has 7 nitrogen and oxygen atoms in total. The van der Waals surface area contributed by atoms with Gasteiger partial charge in [0.25, 0.3) is 0 Å². The van der Waals surface area contributed by atoms with Gasteiger partial charge in [0.05, 0.1) is 39.6 Å². The third kappa shape index (κ3) is 15.0. The molecule has 128 valence electrons. The zero-order valence-corrected chi connectivity index (χ0v) is 13.2. The van der Waals surface area contributed by atoms with Crippen molar-refractivity contribution in [3.63, 3.8) is 0 Å². The maximum Gasteiger partial charge on any atom is 0.330 e. The van der Waals surface area contributed by atoms with Crippen molar-refractivity contribution >= 4 is 11.9 Å². The molecule has 0 aliphatic carbocycles. The van der Waals surface area contributed by atoms with Gasteiger partial charge in [-0.05, 0) is 6.42 Å². The van der Waals surface area contributed by atoms with Gasteiger partial charge in [0.15, 0.2) is 0 Å². The SMILES string of the molecule is C=CC(=O)OCCOCCOCCOCCOC(=O)CCC. The van der Waals surface area contributed by atoms with Crippen molar-refractivity contribution in [2.75, 3.05) is 52.9 Å². The fraction of sp³-hybridized carbons (Fsp3) is 0.733. The van der Waals surface area contributed by atoms with E-state index in [2.05, 4.69) is 6.58 Å². The van der Waals surface area contributed by atoms with E-state index < -0.39 is 5.97 Å². The molecule has 0 bridgehead atoms. The lowest BCUT2D eigenvalue weighted by Gasteiger charge is -2.07. The first-order valence-electron chi connectivity index (χ1n) is 7.38. The van der Waals surface area contributed by atoms with Gasteiger partial charge in [-0.25, -0.2) is 4.79 Å². The molecule has 0 saturated heterocycles. The number of carbonyl (C=O) groups excluding carboxylic acids is 2. The zero-order chi connectivity index (χ0) is 16.5. The van der Waals surface area contributed by atoms with Crippen LogP contribution < -0.4 is 0 Å². The smallest absolute Gasteiger partial charge is 0.330 e. The molecule has 7 heteroatoms. The number of ether oxygens (including phenoxy) is 5. The Labute approximate surface area is 131 Å². The topological polar surface area (TPSA) is 80.3 Å². The van der Waals surface area contributed by atoms with E-state index in [9.17, 15) is 9.59 Å². The van der Waals surface area contributed by atoms with E-state index in [1.165, 1.54) is 0 Å². The Morgan fingerprint density at radius 3 is 1.73 bits per heavy atom. The quantitative estimate of drug-likeness (QED) is 0.254. The second-order valence-electron chi connectivity index (χ2n) is 4.18. The third-order valence-corrected chi connectivity index (χ3v) is 2.33. The Morgan fingerprint density at radius 2 is 1.27 bits per heavy atom. The summed E-state index contributed by atoms with van der Waals surface area (Å²) < 4.78 is 25.3. The fourth-order valence-corrected chi connectivity index (χ4v) is 1.29. The minimum absolute atomic E-state index is 0.196.